The van der Waals surface area contributed by atoms with Gasteiger partial charge >= 0.3 is 0 Å². The first-order valence-corrected chi connectivity index (χ1v) is 6.22. The number of nitrogens with two attached hydrogens (primary N) is 1. The predicted octanol–water partition coefficient (Wildman–Crippen LogP) is 2.16. The molecule has 0 fully saturated rings. The van der Waals surface area contributed by atoms with Gasteiger partial charge in [0.1, 0.15) is 0 Å². The molecule has 0 saturated heterocycles. The molecule has 0 atom stereocenters. The van der Waals surface area contributed by atoms with Crippen LogP contribution in [0, 0.1) is 0 Å². The number of hydrogen-bond donors (Lipinski definition) is 1. The summed E-state index contributed by atoms with van der Waals surface area (Å²) in [6.45, 7) is 0.492. The van der Waals surface area contributed by atoms with Crippen LogP contribution in [0.4, 0.5) is 0 Å². The van der Waals surface area contributed by atoms with Crippen LogP contribution in [-0.4, -0.2) is 14.8 Å². The van der Waals surface area contributed by atoms with Crippen molar-refractivity contribution >= 4 is 21.6 Å². The largest absolute Gasteiger partial charge is 0.326 e. The second-order valence-electron chi connectivity index (χ2n) is 3.91. The molecule has 0 aromatic carbocycles. The Morgan fingerprint density at radius 1 is 1.47 bits per heavy atom. The maximum Gasteiger partial charge on any atom is 0.0983 e. The third-order valence-corrected chi connectivity index (χ3v) is 3.55. The lowest BCUT2D eigenvalue weighted by Gasteiger charge is -1.99. The van der Waals surface area contributed by atoms with E-state index in [9.17, 15) is 0 Å². The summed E-state index contributed by atoms with van der Waals surface area (Å²) in [5.74, 6) is 0. The minimum absolute atomic E-state index is 0.492. The third kappa shape index (κ3) is 1.73. The summed E-state index contributed by atoms with van der Waals surface area (Å²) < 4.78 is 2.96. The SMILES string of the molecule is Cn1cc(CN)c(-c2cnc3ccsc3c2)n1. The Kier molecular flexibility index (Phi) is 2.42. The first-order chi connectivity index (χ1) is 8.28. The molecule has 0 aliphatic carbocycles. The molecule has 4 nitrogen and oxygen atoms in total. The number of fused-ring (bicyclic) bond motifs is 1. The second kappa shape index (κ2) is 3.94. The topological polar surface area (TPSA) is 56.7 Å². The van der Waals surface area contributed by atoms with Gasteiger partial charge in [0.15, 0.2) is 0 Å². The van der Waals surface area contributed by atoms with E-state index >= 15 is 0 Å². The molecule has 0 saturated carbocycles. The van der Waals surface area contributed by atoms with E-state index in [4.69, 9.17) is 5.73 Å². The van der Waals surface area contributed by atoms with Gasteiger partial charge in [-0.1, -0.05) is 0 Å². The van der Waals surface area contributed by atoms with Crippen LogP contribution in [0.1, 0.15) is 5.56 Å². The van der Waals surface area contributed by atoms with Gasteiger partial charge in [-0.15, -0.1) is 11.3 Å². The van der Waals surface area contributed by atoms with E-state index in [0.29, 0.717) is 6.54 Å². The van der Waals surface area contributed by atoms with Crippen molar-refractivity contribution in [3.05, 3.63) is 35.5 Å². The Hall–Kier alpha value is -1.72. The molecule has 0 spiro atoms. The summed E-state index contributed by atoms with van der Waals surface area (Å²) in [5.41, 5.74) is 9.76. The highest BCUT2D eigenvalue weighted by Crippen LogP contribution is 2.26. The van der Waals surface area contributed by atoms with Crippen LogP contribution in [0.25, 0.3) is 21.5 Å². The van der Waals surface area contributed by atoms with Crippen molar-refractivity contribution in [2.75, 3.05) is 0 Å². The summed E-state index contributed by atoms with van der Waals surface area (Å²) in [7, 11) is 1.90. The summed E-state index contributed by atoms with van der Waals surface area (Å²) in [4.78, 5) is 4.42. The fraction of sp³-hybridized carbons (Fsp3) is 0.167. The zero-order valence-electron chi connectivity index (χ0n) is 9.42. The number of hydrogen-bond acceptors (Lipinski definition) is 4. The van der Waals surface area contributed by atoms with E-state index in [1.54, 1.807) is 16.0 Å². The molecule has 0 bridgehead atoms. The van der Waals surface area contributed by atoms with Gasteiger partial charge in [-0.3, -0.25) is 9.67 Å². The molecular weight excluding hydrogens is 232 g/mol. The van der Waals surface area contributed by atoms with E-state index in [1.165, 1.54) is 4.70 Å². The normalized spacial score (nSPS) is 11.2. The van der Waals surface area contributed by atoms with Gasteiger partial charge in [0, 0.05) is 37.1 Å². The maximum absolute atomic E-state index is 5.72. The van der Waals surface area contributed by atoms with Gasteiger partial charge < -0.3 is 5.73 Å². The van der Waals surface area contributed by atoms with Crippen LogP contribution in [0.5, 0.6) is 0 Å². The van der Waals surface area contributed by atoms with Crippen molar-refractivity contribution in [3.8, 4) is 11.3 Å². The highest BCUT2D eigenvalue weighted by Gasteiger charge is 2.10. The van der Waals surface area contributed by atoms with Crippen LogP contribution in [0.15, 0.2) is 29.9 Å². The minimum atomic E-state index is 0.492. The minimum Gasteiger partial charge on any atom is -0.326 e. The van der Waals surface area contributed by atoms with E-state index in [-0.39, 0.29) is 0 Å². The van der Waals surface area contributed by atoms with Gasteiger partial charge in [-0.25, -0.2) is 0 Å². The van der Waals surface area contributed by atoms with Crippen LogP contribution >= 0.6 is 11.3 Å². The van der Waals surface area contributed by atoms with Crippen molar-refractivity contribution < 1.29 is 0 Å². The molecule has 0 unspecified atom stereocenters. The van der Waals surface area contributed by atoms with Crippen LogP contribution < -0.4 is 5.73 Å². The van der Waals surface area contributed by atoms with Crippen molar-refractivity contribution in [3.63, 3.8) is 0 Å². The zero-order valence-corrected chi connectivity index (χ0v) is 10.2. The molecule has 0 radical (unpaired) electrons. The Bertz CT molecular complexity index is 668. The Balaban J connectivity index is 2.18. The lowest BCUT2D eigenvalue weighted by molar-refractivity contribution is 0.769. The van der Waals surface area contributed by atoms with Crippen molar-refractivity contribution in [1.82, 2.24) is 14.8 Å². The molecule has 0 amide bonds. The molecule has 0 aliphatic heterocycles. The average Bonchev–Trinajstić information content (AvgIpc) is 2.93. The molecule has 5 heteroatoms. The van der Waals surface area contributed by atoms with E-state index < -0.39 is 0 Å². The Labute approximate surface area is 103 Å². The van der Waals surface area contributed by atoms with Crippen LogP contribution in [0.3, 0.4) is 0 Å². The first-order valence-electron chi connectivity index (χ1n) is 5.34. The number of pyridine rings is 1. The summed E-state index contributed by atoms with van der Waals surface area (Å²) in [5, 5.41) is 6.49. The van der Waals surface area contributed by atoms with Gasteiger partial charge in [0.25, 0.3) is 0 Å². The molecule has 2 N–H and O–H groups in total. The molecule has 3 aromatic rings. The number of aromatic nitrogens is 3. The Morgan fingerprint density at radius 2 is 2.35 bits per heavy atom. The molecule has 3 heterocycles. The molecule has 17 heavy (non-hydrogen) atoms. The fourth-order valence-electron chi connectivity index (χ4n) is 1.91. The molecule has 3 rings (SSSR count). The van der Waals surface area contributed by atoms with Gasteiger partial charge in [0.2, 0.25) is 0 Å². The zero-order chi connectivity index (χ0) is 11.8. The van der Waals surface area contributed by atoms with Crippen molar-refractivity contribution in [1.29, 1.82) is 0 Å². The average molecular weight is 244 g/mol. The number of aryl methyl sites for hydroxylation is 1. The standard InChI is InChI=1S/C12H12N4S/c1-16-7-9(5-13)12(15-16)8-4-11-10(14-6-8)2-3-17-11/h2-4,6-7H,5,13H2,1H3. The monoisotopic (exact) mass is 244 g/mol. The number of rotatable bonds is 2. The predicted molar refractivity (Wildman–Crippen MR) is 69.7 cm³/mol. The van der Waals surface area contributed by atoms with Gasteiger partial charge in [-0.2, -0.15) is 5.10 Å². The highest BCUT2D eigenvalue weighted by atomic mass is 32.1. The summed E-state index contributed by atoms with van der Waals surface area (Å²) in [6, 6.07) is 4.14. The fourth-order valence-corrected chi connectivity index (χ4v) is 2.69. The Morgan fingerprint density at radius 3 is 3.18 bits per heavy atom. The smallest absolute Gasteiger partial charge is 0.0983 e. The maximum atomic E-state index is 5.72. The number of nitrogens with zero attached hydrogens (tertiary/aromatic N) is 3. The van der Waals surface area contributed by atoms with E-state index in [1.807, 2.05) is 30.9 Å². The summed E-state index contributed by atoms with van der Waals surface area (Å²) >= 11 is 1.69. The van der Waals surface area contributed by atoms with Gasteiger partial charge in [0.05, 0.1) is 15.9 Å². The first kappa shape index (κ1) is 10.4. The highest BCUT2D eigenvalue weighted by molar-refractivity contribution is 7.17. The third-order valence-electron chi connectivity index (χ3n) is 2.70. The lowest BCUT2D eigenvalue weighted by atomic mass is 10.1. The van der Waals surface area contributed by atoms with Crippen LogP contribution in [-0.2, 0) is 13.6 Å². The molecule has 86 valence electrons. The number of thiophene rings is 1. The quantitative estimate of drug-likeness (QED) is 0.751. The van der Waals surface area contributed by atoms with E-state index in [0.717, 1.165) is 22.3 Å². The van der Waals surface area contributed by atoms with Gasteiger partial charge in [-0.05, 0) is 17.5 Å². The lowest BCUT2D eigenvalue weighted by Crippen LogP contribution is -1.96. The molecule has 3 aromatic heterocycles. The van der Waals surface area contributed by atoms with Crippen molar-refractivity contribution in [2.45, 2.75) is 6.54 Å². The molecule has 0 aliphatic rings. The van der Waals surface area contributed by atoms with E-state index in [2.05, 4.69) is 16.1 Å². The molecular formula is C12H12N4S. The second-order valence-corrected chi connectivity index (χ2v) is 4.86. The van der Waals surface area contributed by atoms with Crippen molar-refractivity contribution in [2.24, 2.45) is 12.8 Å². The van der Waals surface area contributed by atoms with Crippen LogP contribution in [0.2, 0.25) is 0 Å². The summed E-state index contributed by atoms with van der Waals surface area (Å²) in [6.07, 6.45) is 3.81.